The molecule has 1 aliphatic heterocycles. The van der Waals surface area contributed by atoms with Crippen LogP contribution in [-0.2, 0) is 0 Å². The highest BCUT2D eigenvalue weighted by Crippen LogP contribution is 2.30. The summed E-state index contributed by atoms with van der Waals surface area (Å²) >= 11 is 0. The number of aliphatic hydroxyl groups excluding tert-OH is 1. The van der Waals surface area contributed by atoms with Gasteiger partial charge in [0.05, 0.1) is 20.3 Å². The quantitative estimate of drug-likeness (QED) is 0.848. The second-order valence-electron chi connectivity index (χ2n) is 5.97. The summed E-state index contributed by atoms with van der Waals surface area (Å²) < 4.78 is 10.6. The highest BCUT2D eigenvalue weighted by Gasteiger charge is 2.21. The first-order valence-corrected chi connectivity index (χ1v) is 8.35. The number of methoxy groups -OCH3 is 2. The Bertz CT molecular complexity index is 675. The van der Waals surface area contributed by atoms with Gasteiger partial charge < -0.3 is 19.5 Å². The van der Waals surface area contributed by atoms with Crippen LogP contribution < -0.4 is 14.4 Å². The molecule has 1 aliphatic rings. The molecule has 1 N–H and O–H groups in total. The minimum absolute atomic E-state index is 0.570. The van der Waals surface area contributed by atoms with Crippen LogP contribution in [0.25, 0.3) is 0 Å². The minimum atomic E-state index is -0.570. The van der Waals surface area contributed by atoms with E-state index in [4.69, 9.17) is 9.47 Å². The van der Waals surface area contributed by atoms with Crippen LogP contribution in [0.3, 0.4) is 0 Å². The van der Waals surface area contributed by atoms with Crippen LogP contribution in [0, 0.1) is 0 Å². The van der Waals surface area contributed by atoms with Gasteiger partial charge in [-0.05, 0) is 23.8 Å². The Balaban J connectivity index is 1.57. The molecule has 7 nitrogen and oxygen atoms in total. The largest absolute Gasteiger partial charge is 0.493 e. The topological polar surface area (TPSA) is 71.0 Å². The molecule has 0 bridgehead atoms. The SMILES string of the molecule is COc1ccc([C@@H](O)CN2CCN(c3ncccn3)CC2)cc1OC. The number of aliphatic hydroxyl groups is 1. The summed E-state index contributed by atoms with van der Waals surface area (Å²) in [5.74, 6) is 2.06. The van der Waals surface area contributed by atoms with Crippen molar-refractivity contribution in [3.8, 4) is 11.5 Å². The van der Waals surface area contributed by atoms with Crippen molar-refractivity contribution in [2.75, 3.05) is 51.8 Å². The monoisotopic (exact) mass is 344 g/mol. The zero-order valence-corrected chi connectivity index (χ0v) is 14.6. The number of β-amino-alcohol motifs (C(OH)–C–C–N with tert-alkyl or cyclic N) is 1. The number of piperazine rings is 1. The normalized spacial score (nSPS) is 16.5. The van der Waals surface area contributed by atoms with Crippen molar-refractivity contribution < 1.29 is 14.6 Å². The van der Waals surface area contributed by atoms with Gasteiger partial charge in [-0.25, -0.2) is 9.97 Å². The second-order valence-corrected chi connectivity index (χ2v) is 5.97. The Morgan fingerprint density at radius 2 is 1.72 bits per heavy atom. The number of hydrogen-bond acceptors (Lipinski definition) is 7. The number of ether oxygens (including phenoxy) is 2. The average molecular weight is 344 g/mol. The molecule has 25 heavy (non-hydrogen) atoms. The smallest absolute Gasteiger partial charge is 0.225 e. The first-order valence-electron chi connectivity index (χ1n) is 8.35. The third-order valence-electron chi connectivity index (χ3n) is 4.43. The van der Waals surface area contributed by atoms with Gasteiger partial charge in [0.25, 0.3) is 0 Å². The predicted octanol–water partition coefficient (Wildman–Crippen LogP) is 1.35. The molecule has 0 radical (unpaired) electrons. The van der Waals surface area contributed by atoms with E-state index in [0.717, 1.165) is 37.7 Å². The number of rotatable bonds is 6. The molecule has 1 fully saturated rings. The molecule has 7 heteroatoms. The molecule has 0 spiro atoms. The lowest BCUT2D eigenvalue weighted by atomic mass is 10.1. The van der Waals surface area contributed by atoms with E-state index >= 15 is 0 Å². The second kappa shape index (κ2) is 8.13. The van der Waals surface area contributed by atoms with Gasteiger partial charge in [-0.3, -0.25) is 4.90 Å². The molecule has 2 heterocycles. The molecular formula is C18H24N4O3. The van der Waals surface area contributed by atoms with Gasteiger partial charge in [0.1, 0.15) is 0 Å². The molecule has 0 amide bonds. The molecule has 0 aliphatic carbocycles. The van der Waals surface area contributed by atoms with E-state index in [9.17, 15) is 5.11 Å². The molecule has 1 aromatic carbocycles. The van der Waals surface area contributed by atoms with Gasteiger partial charge in [-0.15, -0.1) is 0 Å². The van der Waals surface area contributed by atoms with Crippen molar-refractivity contribution in [1.82, 2.24) is 14.9 Å². The summed E-state index contributed by atoms with van der Waals surface area (Å²) in [4.78, 5) is 13.0. The lowest BCUT2D eigenvalue weighted by Crippen LogP contribution is -2.48. The highest BCUT2D eigenvalue weighted by molar-refractivity contribution is 5.43. The average Bonchev–Trinajstić information content (AvgIpc) is 2.68. The van der Waals surface area contributed by atoms with E-state index in [2.05, 4.69) is 19.8 Å². The van der Waals surface area contributed by atoms with Crippen LogP contribution in [0.2, 0.25) is 0 Å². The van der Waals surface area contributed by atoms with Gasteiger partial charge in [-0.1, -0.05) is 6.07 Å². The molecule has 0 saturated carbocycles. The van der Waals surface area contributed by atoms with Crippen molar-refractivity contribution in [2.45, 2.75) is 6.10 Å². The van der Waals surface area contributed by atoms with Crippen molar-refractivity contribution in [3.05, 3.63) is 42.2 Å². The van der Waals surface area contributed by atoms with Crippen molar-refractivity contribution in [1.29, 1.82) is 0 Å². The maximum atomic E-state index is 10.6. The fraction of sp³-hybridized carbons (Fsp3) is 0.444. The van der Waals surface area contributed by atoms with E-state index in [-0.39, 0.29) is 0 Å². The van der Waals surface area contributed by atoms with Crippen LogP contribution in [-0.4, -0.2) is 66.9 Å². The molecule has 1 atom stereocenters. The summed E-state index contributed by atoms with van der Waals surface area (Å²) in [5.41, 5.74) is 0.825. The van der Waals surface area contributed by atoms with Gasteiger partial charge in [-0.2, -0.15) is 0 Å². The van der Waals surface area contributed by atoms with E-state index in [0.29, 0.717) is 18.0 Å². The van der Waals surface area contributed by atoms with E-state index in [1.54, 1.807) is 26.6 Å². The Kier molecular flexibility index (Phi) is 5.67. The van der Waals surface area contributed by atoms with Crippen LogP contribution in [0.5, 0.6) is 11.5 Å². The third-order valence-corrected chi connectivity index (χ3v) is 4.43. The van der Waals surface area contributed by atoms with Crippen molar-refractivity contribution in [2.24, 2.45) is 0 Å². The highest BCUT2D eigenvalue weighted by atomic mass is 16.5. The Hall–Kier alpha value is -2.38. The maximum absolute atomic E-state index is 10.6. The van der Waals surface area contributed by atoms with Crippen LogP contribution >= 0.6 is 0 Å². The standard InChI is InChI=1S/C18H24N4O3/c1-24-16-5-4-14(12-17(16)25-2)15(23)13-21-8-10-22(11-9-21)18-19-6-3-7-20-18/h3-7,12,15,23H,8-11,13H2,1-2H3/t15-/m0/s1. The van der Waals surface area contributed by atoms with Crippen LogP contribution in [0.15, 0.2) is 36.7 Å². The summed E-state index contributed by atoms with van der Waals surface area (Å²) in [6.45, 7) is 4.01. The number of benzene rings is 1. The van der Waals surface area contributed by atoms with E-state index in [1.165, 1.54) is 0 Å². The van der Waals surface area contributed by atoms with Gasteiger partial charge in [0, 0.05) is 45.1 Å². The maximum Gasteiger partial charge on any atom is 0.225 e. The Morgan fingerprint density at radius 3 is 2.36 bits per heavy atom. The van der Waals surface area contributed by atoms with Gasteiger partial charge >= 0.3 is 0 Å². The molecular weight excluding hydrogens is 320 g/mol. The minimum Gasteiger partial charge on any atom is -0.493 e. The van der Waals surface area contributed by atoms with Crippen molar-refractivity contribution >= 4 is 5.95 Å². The Labute approximate surface area is 147 Å². The zero-order valence-electron chi connectivity index (χ0n) is 14.6. The zero-order chi connectivity index (χ0) is 17.6. The predicted molar refractivity (Wildman–Crippen MR) is 95.2 cm³/mol. The third kappa shape index (κ3) is 4.18. The fourth-order valence-corrected chi connectivity index (χ4v) is 3.00. The van der Waals surface area contributed by atoms with E-state index < -0.39 is 6.10 Å². The molecule has 1 aromatic heterocycles. The molecule has 2 aromatic rings. The summed E-state index contributed by atoms with van der Waals surface area (Å²) in [6, 6.07) is 7.35. The molecule has 0 unspecified atom stereocenters. The Morgan fingerprint density at radius 1 is 1.04 bits per heavy atom. The van der Waals surface area contributed by atoms with E-state index in [1.807, 2.05) is 24.3 Å². The lowest BCUT2D eigenvalue weighted by molar-refractivity contribution is 0.109. The molecule has 134 valence electrons. The number of aromatic nitrogens is 2. The van der Waals surface area contributed by atoms with Gasteiger partial charge in [0.2, 0.25) is 5.95 Å². The molecule has 3 rings (SSSR count). The van der Waals surface area contributed by atoms with Crippen LogP contribution in [0.4, 0.5) is 5.95 Å². The fourth-order valence-electron chi connectivity index (χ4n) is 3.00. The lowest BCUT2D eigenvalue weighted by Gasteiger charge is -2.35. The van der Waals surface area contributed by atoms with Crippen molar-refractivity contribution in [3.63, 3.8) is 0 Å². The first-order chi connectivity index (χ1) is 12.2. The van der Waals surface area contributed by atoms with Gasteiger partial charge in [0.15, 0.2) is 11.5 Å². The summed E-state index contributed by atoms with van der Waals surface area (Å²) in [6.07, 6.45) is 2.95. The summed E-state index contributed by atoms with van der Waals surface area (Å²) in [7, 11) is 3.20. The summed E-state index contributed by atoms with van der Waals surface area (Å²) in [5, 5.41) is 10.6. The molecule has 1 saturated heterocycles. The van der Waals surface area contributed by atoms with Crippen LogP contribution in [0.1, 0.15) is 11.7 Å². The number of nitrogens with zero attached hydrogens (tertiary/aromatic N) is 4. The first kappa shape index (κ1) is 17.4. The number of anilines is 1. The number of hydrogen-bond donors (Lipinski definition) is 1.